The van der Waals surface area contributed by atoms with E-state index in [0.29, 0.717) is 23.9 Å². The molecule has 0 bridgehead atoms. The van der Waals surface area contributed by atoms with E-state index in [2.05, 4.69) is 62.5 Å². The van der Waals surface area contributed by atoms with Crippen molar-refractivity contribution in [3.63, 3.8) is 0 Å². The second-order valence-electron chi connectivity index (χ2n) is 15.0. The quantitative estimate of drug-likeness (QED) is 0.0202. The number of nitrogens with zero attached hydrogens (tertiary/aromatic N) is 1. The zero-order valence-corrected chi connectivity index (χ0v) is 35.3. The third-order valence-electron chi connectivity index (χ3n) is 8.57. The molecule has 0 spiro atoms. The highest BCUT2D eigenvalue weighted by Crippen LogP contribution is 2.38. The summed E-state index contributed by atoms with van der Waals surface area (Å²) >= 11 is 0. The summed E-state index contributed by atoms with van der Waals surface area (Å²) in [5.41, 5.74) is 0. The molecule has 0 aliphatic rings. The molecule has 1 unspecified atom stereocenters. The topological polar surface area (TPSA) is 111 Å². The van der Waals surface area contributed by atoms with Crippen LogP contribution in [0.3, 0.4) is 0 Å². The molecule has 0 aromatic heterocycles. The molecule has 0 saturated heterocycles. The Kier molecular flexibility index (Phi) is 34.3. The average Bonchev–Trinajstić information content (AvgIpc) is 3.10. The van der Waals surface area contributed by atoms with Gasteiger partial charge in [-0.3, -0.25) is 14.2 Å². The van der Waals surface area contributed by atoms with Crippen molar-refractivity contribution in [2.24, 2.45) is 0 Å². The molecule has 0 aromatic rings. The first-order valence-electron chi connectivity index (χ1n) is 20.8. The van der Waals surface area contributed by atoms with Gasteiger partial charge in [-0.05, 0) is 77.0 Å². The fourth-order valence-electron chi connectivity index (χ4n) is 5.24. The maximum absolute atomic E-state index is 12.6. The number of allylic oxidation sites excluding steroid dienone is 8. The lowest BCUT2D eigenvalue weighted by Crippen LogP contribution is -2.37. The Hall–Kier alpha value is -2.03. The van der Waals surface area contributed by atoms with Crippen LogP contribution in [-0.4, -0.2) is 70.0 Å². The van der Waals surface area contributed by atoms with Crippen LogP contribution in [0.25, 0.3) is 0 Å². The Bertz CT molecular complexity index is 1050. The van der Waals surface area contributed by atoms with E-state index in [1.165, 1.54) is 57.8 Å². The van der Waals surface area contributed by atoms with Gasteiger partial charge in [-0.2, -0.15) is 0 Å². The van der Waals surface area contributed by atoms with Crippen LogP contribution in [0, 0.1) is 0 Å². The monoisotopic (exact) mass is 768 g/mol. The molecule has 0 fully saturated rings. The van der Waals surface area contributed by atoms with Crippen molar-refractivity contribution in [2.45, 2.75) is 168 Å². The molecule has 0 aromatic carbocycles. The van der Waals surface area contributed by atoms with Crippen LogP contribution < -0.4 is 4.89 Å². The van der Waals surface area contributed by atoms with Crippen molar-refractivity contribution >= 4 is 19.8 Å². The Morgan fingerprint density at radius 2 is 1.02 bits per heavy atom. The van der Waals surface area contributed by atoms with E-state index in [-0.39, 0.29) is 26.1 Å². The Balaban J connectivity index is 4.49. The van der Waals surface area contributed by atoms with Gasteiger partial charge in [0.15, 0.2) is 6.10 Å². The van der Waals surface area contributed by atoms with Crippen LogP contribution in [0.2, 0.25) is 0 Å². The molecular formula is C43H78NO8P. The summed E-state index contributed by atoms with van der Waals surface area (Å²) in [4.78, 5) is 37.4. The molecule has 2 atom stereocenters. The van der Waals surface area contributed by atoms with Crippen molar-refractivity contribution in [1.29, 1.82) is 0 Å². The molecule has 10 heteroatoms. The number of hydrogen-bond acceptors (Lipinski definition) is 8. The molecule has 0 heterocycles. The number of likely N-dealkylation sites (N-methyl/N-ethyl adjacent to an activating group) is 1. The first-order valence-corrected chi connectivity index (χ1v) is 22.3. The normalized spacial score (nSPS) is 14.2. The minimum absolute atomic E-state index is 0.0408. The molecule has 0 amide bonds. The van der Waals surface area contributed by atoms with Crippen molar-refractivity contribution in [2.75, 3.05) is 47.5 Å². The number of esters is 2. The smallest absolute Gasteiger partial charge is 0.306 e. The Morgan fingerprint density at radius 3 is 1.60 bits per heavy atom. The van der Waals surface area contributed by atoms with E-state index in [9.17, 15) is 19.0 Å². The number of unbranched alkanes of at least 4 members (excludes halogenated alkanes) is 15. The third kappa shape index (κ3) is 39.5. The molecule has 53 heavy (non-hydrogen) atoms. The predicted octanol–water partition coefficient (Wildman–Crippen LogP) is 10.9. The standard InChI is InChI=1S/C43H78NO8P/c1-6-8-10-12-14-16-18-20-22-24-26-28-30-32-34-36-43(46)52-41(40-51-53(47,48)50-38-37-44(3,4)5)39-49-42(45)35-33-31-29-27-25-23-21-19-17-15-13-11-9-7-2/h14,16,19-22,26,28,41H,6-13,15,17-18,23-25,27,29-40H2,1-5H3/b16-14+,21-19+,22-20+,28-26+/t41-/m1/s1. The molecule has 0 rings (SSSR count). The highest BCUT2D eigenvalue weighted by Gasteiger charge is 2.21. The molecule has 9 nitrogen and oxygen atoms in total. The summed E-state index contributed by atoms with van der Waals surface area (Å²) in [5.74, 6) is -0.893. The number of phosphoric acid groups is 1. The van der Waals surface area contributed by atoms with Gasteiger partial charge in [0.1, 0.15) is 19.8 Å². The fraction of sp³-hybridized carbons (Fsp3) is 0.767. The number of phosphoric ester groups is 1. The Labute approximate surface area is 324 Å². The first-order chi connectivity index (χ1) is 25.5. The minimum Gasteiger partial charge on any atom is -0.756 e. The molecule has 0 radical (unpaired) electrons. The lowest BCUT2D eigenvalue weighted by molar-refractivity contribution is -0.870. The van der Waals surface area contributed by atoms with E-state index in [4.69, 9.17) is 18.5 Å². The maximum atomic E-state index is 12.6. The number of hydrogen-bond donors (Lipinski definition) is 0. The lowest BCUT2D eigenvalue weighted by atomic mass is 10.1. The van der Waals surface area contributed by atoms with Crippen LogP contribution in [0.15, 0.2) is 48.6 Å². The zero-order valence-electron chi connectivity index (χ0n) is 34.4. The van der Waals surface area contributed by atoms with E-state index in [1.54, 1.807) is 0 Å². The van der Waals surface area contributed by atoms with Gasteiger partial charge in [0.2, 0.25) is 0 Å². The van der Waals surface area contributed by atoms with Crippen molar-refractivity contribution in [1.82, 2.24) is 0 Å². The highest BCUT2D eigenvalue weighted by molar-refractivity contribution is 7.45. The first kappa shape index (κ1) is 51.0. The summed E-state index contributed by atoms with van der Waals surface area (Å²) in [7, 11) is 1.13. The van der Waals surface area contributed by atoms with Crippen LogP contribution in [0.4, 0.5) is 0 Å². The van der Waals surface area contributed by atoms with Gasteiger partial charge >= 0.3 is 11.9 Å². The third-order valence-corrected chi connectivity index (χ3v) is 9.54. The average molecular weight is 768 g/mol. The van der Waals surface area contributed by atoms with Gasteiger partial charge in [0.05, 0.1) is 27.7 Å². The van der Waals surface area contributed by atoms with Crippen LogP contribution in [0.5, 0.6) is 0 Å². The van der Waals surface area contributed by atoms with Crippen LogP contribution in [0.1, 0.15) is 162 Å². The van der Waals surface area contributed by atoms with Gasteiger partial charge in [0, 0.05) is 12.8 Å². The molecule has 0 saturated carbocycles. The van der Waals surface area contributed by atoms with Crippen molar-refractivity contribution < 1.29 is 42.1 Å². The van der Waals surface area contributed by atoms with E-state index in [0.717, 1.165) is 64.2 Å². The van der Waals surface area contributed by atoms with Gasteiger partial charge in [-0.1, -0.05) is 120 Å². The second-order valence-corrected chi connectivity index (χ2v) is 16.4. The number of carbonyl (C=O) groups excluding carboxylic acids is 2. The fourth-order valence-corrected chi connectivity index (χ4v) is 5.97. The number of ether oxygens (including phenoxy) is 2. The molecule has 0 aliphatic carbocycles. The van der Waals surface area contributed by atoms with Gasteiger partial charge in [-0.15, -0.1) is 0 Å². The summed E-state index contributed by atoms with van der Waals surface area (Å²) < 4.78 is 33.8. The molecule has 308 valence electrons. The van der Waals surface area contributed by atoms with Crippen molar-refractivity contribution in [3.05, 3.63) is 48.6 Å². The van der Waals surface area contributed by atoms with E-state index >= 15 is 0 Å². The van der Waals surface area contributed by atoms with Crippen LogP contribution >= 0.6 is 7.82 Å². The summed E-state index contributed by atoms with van der Waals surface area (Å²) in [6.07, 6.45) is 39.9. The number of rotatable bonds is 37. The highest BCUT2D eigenvalue weighted by atomic mass is 31.2. The zero-order chi connectivity index (χ0) is 39.3. The summed E-state index contributed by atoms with van der Waals surface area (Å²) in [6.45, 7) is 4.12. The second kappa shape index (κ2) is 35.7. The minimum atomic E-state index is -4.63. The predicted molar refractivity (Wildman–Crippen MR) is 217 cm³/mol. The van der Waals surface area contributed by atoms with Gasteiger partial charge < -0.3 is 27.9 Å². The molecule has 0 N–H and O–H groups in total. The number of carbonyl (C=O) groups is 2. The van der Waals surface area contributed by atoms with Gasteiger partial charge in [-0.25, -0.2) is 0 Å². The van der Waals surface area contributed by atoms with E-state index < -0.39 is 32.5 Å². The largest absolute Gasteiger partial charge is 0.756 e. The maximum Gasteiger partial charge on any atom is 0.306 e. The van der Waals surface area contributed by atoms with Crippen LogP contribution in [-0.2, 0) is 32.7 Å². The van der Waals surface area contributed by atoms with E-state index in [1.807, 2.05) is 21.1 Å². The van der Waals surface area contributed by atoms with Gasteiger partial charge in [0.25, 0.3) is 7.82 Å². The summed E-state index contributed by atoms with van der Waals surface area (Å²) in [6, 6.07) is 0. The summed E-state index contributed by atoms with van der Waals surface area (Å²) in [5, 5.41) is 0. The Morgan fingerprint density at radius 1 is 0.585 bits per heavy atom. The molecule has 0 aliphatic heterocycles. The molecular weight excluding hydrogens is 689 g/mol. The van der Waals surface area contributed by atoms with Crippen molar-refractivity contribution in [3.8, 4) is 0 Å². The lowest BCUT2D eigenvalue weighted by Gasteiger charge is -2.28. The SMILES string of the molecule is CCCCC/C=C/C/C=C/C/C=C/CCCCC(=O)O[C@H](COC(=O)CCCCCCC/C=C/CCCCCCC)COP(=O)([O-])OCC[N+](C)(C)C. The number of quaternary nitrogens is 1.